The van der Waals surface area contributed by atoms with E-state index in [0.29, 0.717) is 17.7 Å². The van der Waals surface area contributed by atoms with Crippen LogP contribution in [0.5, 0.6) is 0 Å². The largest absolute Gasteiger partial charge is 0.468 e. The maximum absolute atomic E-state index is 12.3. The Morgan fingerprint density at radius 1 is 0.900 bits per heavy atom. The van der Waals surface area contributed by atoms with E-state index in [1.54, 1.807) is 36.4 Å². The van der Waals surface area contributed by atoms with Crippen LogP contribution in [0.3, 0.4) is 0 Å². The summed E-state index contributed by atoms with van der Waals surface area (Å²) in [5.74, 6) is -0.0950. The Bertz CT molecular complexity index is 1070. The second-order valence-corrected chi connectivity index (χ2v) is 8.22. The van der Waals surface area contributed by atoms with Crippen LogP contribution in [0.1, 0.15) is 39.3 Å². The van der Waals surface area contributed by atoms with Gasteiger partial charge in [-0.25, -0.2) is 17.9 Å². The summed E-state index contributed by atoms with van der Waals surface area (Å²) in [6.07, 6.45) is 2.14. The minimum absolute atomic E-state index is 0.0109. The van der Waals surface area contributed by atoms with Crippen LogP contribution in [-0.4, -0.2) is 26.8 Å². The van der Waals surface area contributed by atoms with E-state index in [9.17, 15) is 18.0 Å². The minimum Gasteiger partial charge on any atom is -0.468 e. The molecule has 0 aliphatic carbocycles. The van der Waals surface area contributed by atoms with Crippen molar-refractivity contribution in [2.24, 2.45) is 0 Å². The topological polar surface area (TPSA) is 103 Å². The molecule has 2 aromatic carbocycles. The molecule has 0 radical (unpaired) electrons. The number of nitrogens with one attached hydrogen (secondary N) is 1. The first-order valence-electron chi connectivity index (χ1n) is 9.33. The molecule has 0 aliphatic heterocycles. The molecule has 1 N–H and O–H groups in total. The average molecular weight is 427 g/mol. The van der Waals surface area contributed by atoms with Crippen LogP contribution < -0.4 is 4.72 Å². The van der Waals surface area contributed by atoms with Gasteiger partial charge >= 0.3 is 5.97 Å². The molecule has 0 fully saturated rings. The van der Waals surface area contributed by atoms with Gasteiger partial charge in [0.15, 0.2) is 5.78 Å². The number of rotatable bonds is 10. The molecule has 0 spiro atoms. The van der Waals surface area contributed by atoms with Gasteiger partial charge in [0, 0.05) is 12.0 Å². The monoisotopic (exact) mass is 427 g/mol. The predicted octanol–water partition coefficient (Wildman–Crippen LogP) is 3.58. The number of hydrogen-bond acceptors (Lipinski definition) is 6. The lowest BCUT2D eigenvalue weighted by Crippen LogP contribution is -2.23. The van der Waals surface area contributed by atoms with Crippen molar-refractivity contribution in [3.05, 3.63) is 89.9 Å². The Morgan fingerprint density at radius 2 is 1.63 bits per heavy atom. The molecule has 1 heterocycles. The number of ether oxygens (including phenoxy) is 1. The van der Waals surface area contributed by atoms with Crippen LogP contribution in [0.15, 0.2) is 82.3 Å². The second-order valence-electron chi connectivity index (χ2n) is 6.46. The Morgan fingerprint density at radius 3 is 2.30 bits per heavy atom. The fraction of sp³-hybridized carbons (Fsp3) is 0.182. The van der Waals surface area contributed by atoms with Crippen LogP contribution in [-0.2, 0) is 21.3 Å². The summed E-state index contributed by atoms with van der Waals surface area (Å²) in [7, 11) is -3.74. The molecule has 0 aliphatic rings. The van der Waals surface area contributed by atoms with Crippen LogP contribution in [0.2, 0.25) is 0 Å². The molecule has 8 heteroatoms. The molecule has 3 rings (SSSR count). The quantitative estimate of drug-likeness (QED) is 0.301. The number of carbonyl (C=O) groups excluding carboxylic acids is 2. The van der Waals surface area contributed by atoms with Gasteiger partial charge < -0.3 is 9.15 Å². The average Bonchev–Trinajstić information content (AvgIpc) is 3.29. The second kappa shape index (κ2) is 10.00. The maximum Gasteiger partial charge on any atom is 0.338 e. The molecule has 0 atom stereocenters. The first-order chi connectivity index (χ1) is 14.5. The summed E-state index contributed by atoms with van der Waals surface area (Å²) in [5.41, 5.74) is 0.857. The highest BCUT2D eigenvalue weighted by Gasteiger charge is 2.16. The van der Waals surface area contributed by atoms with Gasteiger partial charge in [0.2, 0.25) is 10.0 Å². The number of Topliss-reactive ketones (excluding diaryl/α,β-unsaturated/α-hetero) is 1. The number of carbonyl (C=O) groups is 2. The van der Waals surface area contributed by atoms with Crippen LogP contribution in [0, 0.1) is 0 Å². The molecule has 3 aromatic rings. The van der Waals surface area contributed by atoms with Gasteiger partial charge in [0.25, 0.3) is 0 Å². The summed E-state index contributed by atoms with van der Waals surface area (Å²) < 4.78 is 37.3. The van der Waals surface area contributed by atoms with E-state index in [2.05, 4.69) is 4.72 Å². The van der Waals surface area contributed by atoms with Gasteiger partial charge in [-0.05, 0) is 42.8 Å². The van der Waals surface area contributed by atoms with Gasteiger partial charge in [-0.2, -0.15) is 0 Å². The first kappa shape index (κ1) is 21.5. The van der Waals surface area contributed by atoms with Crippen molar-refractivity contribution in [2.45, 2.75) is 24.3 Å². The Labute approximate surface area is 174 Å². The van der Waals surface area contributed by atoms with E-state index in [0.717, 1.165) is 0 Å². The summed E-state index contributed by atoms with van der Waals surface area (Å²) in [6.45, 7) is 0.128. The molecule has 0 unspecified atom stereocenters. The van der Waals surface area contributed by atoms with E-state index in [1.807, 2.05) is 6.07 Å². The van der Waals surface area contributed by atoms with Gasteiger partial charge in [0.1, 0.15) is 5.76 Å². The van der Waals surface area contributed by atoms with E-state index in [1.165, 1.54) is 30.5 Å². The van der Waals surface area contributed by atoms with Gasteiger partial charge in [-0.1, -0.05) is 30.3 Å². The van der Waals surface area contributed by atoms with Crippen LogP contribution in [0.25, 0.3) is 0 Å². The number of sulfonamides is 1. The van der Waals surface area contributed by atoms with Crippen molar-refractivity contribution in [1.82, 2.24) is 4.72 Å². The van der Waals surface area contributed by atoms with E-state index >= 15 is 0 Å². The summed E-state index contributed by atoms with van der Waals surface area (Å²) in [6, 6.07) is 17.7. The number of furan rings is 1. The normalized spacial score (nSPS) is 11.2. The van der Waals surface area contributed by atoms with Crippen molar-refractivity contribution >= 4 is 21.8 Å². The van der Waals surface area contributed by atoms with E-state index < -0.39 is 16.0 Å². The first-order valence-corrected chi connectivity index (χ1v) is 10.8. The molecule has 0 saturated carbocycles. The van der Waals surface area contributed by atoms with Crippen molar-refractivity contribution < 1.29 is 27.2 Å². The third-order valence-corrected chi connectivity index (χ3v) is 5.71. The predicted molar refractivity (Wildman–Crippen MR) is 109 cm³/mol. The van der Waals surface area contributed by atoms with Crippen molar-refractivity contribution in [3.63, 3.8) is 0 Å². The molecular formula is C22H21NO6S. The fourth-order valence-electron chi connectivity index (χ4n) is 2.68. The van der Waals surface area contributed by atoms with Gasteiger partial charge in [-0.15, -0.1) is 0 Å². The molecule has 7 nitrogen and oxygen atoms in total. The van der Waals surface area contributed by atoms with Gasteiger partial charge in [-0.3, -0.25) is 4.79 Å². The lowest BCUT2D eigenvalue weighted by Gasteiger charge is -2.07. The van der Waals surface area contributed by atoms with Gasteiger partial charge in [0.05, 0.1) is 29.9 Å². The number of esters is 1. The van der Waals surface area contributed by atoms with Crippen LogP contribution in [0.4, 0.5) is 0 Å². The summed E-state index contributed by atoms with van der Waals surface area (Å²) >= 11 is 0. The third-order valence-electron chi connectivity index (χ3n) is 4.29. The minimum atomic E-state index is -3.74. The number of benzene rings is 2. The zero-order chi connectivity index (χ0) is 21.4. The molecule has 0 amide bonds. The molecule has 156 valence electrons. The molecule has 1 aromatic heterocycles. The zero-order valence-corrected chi connectivity index (χ0v) is 16.9. The Hall–Kier alpha value is -3.23. The van der Waals surface area contributed by atoms with E-state index in [4.69, 9.17) is 9.15 Å². The van der Waals surface area contributed by atoms with Crippen molar-refractivity contribution in [2.75, 3.05) is 6.61 Å². The smallest absolute Gasteiger partial charge is 0.338 e. The Balaban J connectivity index is 1.47. The summed E-state index contributed by atoms with van der Waals surface area (Å²) in [5, 5.41) is 0. The molecular weight excluding hydrogens is 406 g/mol. The summed E-state index contributed by atoms with van der Waals surface area (Å²) in [4.78, 5) is 24.2. The maximum atomic E-state index is 12.3. The standard InChI is InChI=1S/C22H21NO6S/c24-21(17-6-2-1-3-7-17)9-5-15-29-22(25)18-10-12-20(13-11-18)30(26,27)23-16-19-8-4-14-28-19/h1-4,6-8,10-14,23H,5,9,15-16H2. The molecule has 30 heavy (non-hydrogen) atoms. The van der Waals surface area contributed by atoms with Crippen molar-refractivity contribution in [3.8, 4) is 0 Å². The molecule has 0 bridgehead atoms. The van der Waals surface area contributed by atoms with Crippen molar-refractivity contribution in [1.29, 1.82) is 0 Å². The lowest BCUT2D eigenvalue weighted by molar-refractivity contribution is 0.0494. The SMILES string of the molecule is O=C(CCCOC(=O)c1ccc(S(=O)(=O)NCc2ccco2)cc1)c1ccccc1. The van der Waals surface area contributed by atoms with E-state index in [-0.39, 0.29) is 35.8 Å². The third kappa shape index (κ3) is 5.88. The zero-order valence-electron chi connectivity index (χ0n) is 16.1. The fourth-order valence-corrected chi connectivity index (χ4v) is 3.68. The highest BCUT2D eigenvalue weighted by Crippen LogP contribution is 2.13. The Kier molecular flexibility index (Phi) is 7.16. The number of ketones is 1. The van der Waals surface area contributed by atoms with Crippen LogP contribution >= 0.6 is 0 Å². The number of hydrogen-bond donors (Lipinski definition) is 1. The highest BCUT2D eigenvalue weighted by molar-refractivity contribution is 7.89. The molecule has 0 saturated heterocycles. The highest BCUT2D eigenvalue weighted by atomic mass is 32.2. The lowest BCUT2D eigenvalue weighted by atomic mass is 10.1.